The second-order valence-electron chi connectivity index (χ2n) is 3.83. The van der Waals surface area contributed by atoms with E-state index in [4.69, 9.17) is 10.8 Å². The smallest absolute Gasteiger partial charge is 0.321 e. The summed E-state index contributed by atoms with van der Waals surface area (Å²) in [5, 5.41) is 8.65. The first-order valence-electron chi connectivity index (χ1n) is 5.13. The Balaban J connectivity index is 2.52. The van der Waals surface area contributed by atoms with Crippen molar-refractivity contribution < 1.29 is 9.90 Å². The van der Waals surface area contributed by atoms with Crippen LogP contribution in [-0.4, -0.2) is 22.9 Å². The number of thioether (sulfide) groups is 1. The number of carboxylic acid groups (broad SMARTS) is 1. The molecule has 0 fully saturated rings. The van der Waals surface area contributed by atoms with Crippen LogP contribution in [0, 0.1) is 13.8 Å². The standard InChI is InChI=1S/C12H17NO2S/c1-8-4-3-5-9(2)10(8)6-16-7-11(13)12(14)15/h3-5,11H,6-7,13H2,1-2H3,(H,14,15)/t11-/m0/s1. The third-order valence-electron chi connectivity index (χ3n) is 2.51. The van der Waals surface area contributed by atoms with E-state index < -0.39 is 12.0 Å². The molecule has 1 aromatic rings. The summed E-state index contributed by atoms with van der Waals surface area (Å²) in [4.78, 5) is 10.5. The number of rotatable bonds is 5. The van der Waals surface area contributed by atoms with Gasteiger partial charge < -0.3 is 10.8 Å². The van der Waals surface area contributed by atoms with Gasteiger partial charge in [0.1, 0.15) is 6.04 Å². The lowest BCUT2D eigenvalue weighted by Crippen LogP contribution is -2.32. The molecular weight excluding hydrogens is 222 g/mol. The Labute approximate surface area is 100 Å². The van der Waals surface area contributed by atoms with Gasteiger partial charge in [0.2, 0.25) is 0 Å². The molecule has 0 spiro atoms. The first-order chi connectivity index (χ1) is 7.52. The zero-order valence-electron chi connectivity index (χ0n) is 9.56. The van der Waals surface area contributed by atoms with Gasteiger partial charge in [0.25, 0.3) is 0 Å². The van der Waals surface area contributed by atoms with Gasteiger partial charge in [-0.1, -0.05) is 18.2 Å². The number of hydrogen-bond acceptors (Lipinski definition) is 3. The van der Waals surface area contributed by atoms with E-state index in [2.05, 4.69) is 26.0 Å². The largest absolute Gasteiger partial charge is 0.480 e. The first kappa shape index (κ1) is 13.1. The molecule has 0 aliphatic heterocycles. The zero-order valence-corrected chi connectivity index (χ0v) is 10.4. The van der Waals surface area contributed by atoms with E-state index in [1.54, 1.807) is 11.8 Å². The molecule has 1 rings (SSSR count). The van der Waals surface area contributed by atoms with Crippen LogP contribution in [-0.2, 0) is 10.5 Å². The van der Waals surface area contributed by atoms with Crippen molar-refractivity contribution in [3.05, 3.63) is 34.9 Å². The Kier molecular flexibility index (Phi) is 4.83. The molecule has 0 amide bonds. The maximum Gasteiger partial charge on any atom is 0.321 e. The molecule has 4 heteroatoms. The molecule has 0 aliphatic rings. The Hall–Kier alpha value is -1.00. The summed E-state index contributed by atoms with van der Waals surface area (Å²) in [6.45, 7) is 4.14. The van der Waals surface area contributed by atoms with Crippen molar-refractivity contribution in [3.63, 3.8) is 0 Å². The second kappa shape index (κ2) is 5.92. The fourth-order valence-corrected chi connectivity index (χ4v) is 2.61. The molecule has 0 heterocycles. The Morgan fingerprint density at radius 2 is 2.00 bits per heavy atom. The van der Waals surface area contributed by atoms with E-state index in [9.17, 15) is 4.79 Å². The summed E-state index contributed by atoms with van der Waals surface area (Å²) in [6.07, 6.45) is 0. The third kappa shape index (κ3) is 3.54. The highest BCUT2D eigenvalue weighted by Gasteiger charge is 2.11. The van der Waals surface area contributed by atoms with Crippen LogP contribution in [0.2, 0.25) is 0 Å². The second-order valence-corrected chi connectivity index (χ2v) is 4.86. The number of carboxylic acids is 1. The van der Waals surface area contributed by atoms with Gasteiger partial charge >= 0.3 is 5.97 Å². The number of carbonyl (C=O) groups is 1. The Bertz CT molecular complexity index is 359. The van der Waals surface area contributed by atoms with Crippen LogP contribution < -0.4 is 5.73 Å². The lowest BCUT2D eigenvalue weighted by atomic mass is 10.1. The van der Waals surface area contributed by atoms with Crippen LogP contribution in [0.15, 0.2) is 18.2 Å². The average molecular weight is 239 g/mol. The molecule has 0 aliphatic carbocycles. The van der Waals surface area contributed by atoms with E-state index in [1.807, 2.05) is 6.07 Å². The molecule has 0 radical (unpaired) electrons. The Morgan fingerprint density at radius 3 is 2.50 bits per heavy atom. The normalized spacial score (nSPS) is 12.4. The molecule has 3 N–H and O–H groups in total. The molecule has 0 aromatic heterocycles. The van der Waals surface area contributed by atoms with Gasteiger partial charge in [0.05, 0.1) is 0 Å². The zero-order chi connectivity index (χ0) is 12.1. The van der Waals surface area contributed by atoms with Crippen molar-refractivity contribution in [1.82, 2.24) is 0 Å². The minimum Gasteiger partial charge on any atom is -0.480 e. The van der Waals surface area contributed by atoms with Gasteiger partial charge in [0.15, 0.2) is 0 Å². The molecule has 0 bridgehead atoms. The minimum absolute atomic E-state index is 0.448. The molecule has 0 saturated carbocycles. The number of aryl methyl sites for hydroxylation is 2. The van der Waals surface area contributed by atoms with Crippen molar-refractivity contribution >= 4 is 17.7 Å². The average Bonchev–Trinajstić information content (AvgIpc) is 2.22. The van der Waals surface area contributed by atoms with Gasteiger partial charge in [-0.2, -0.15) is 11.8 Å². The van der Waals surface area contributed by atoms with E-state index >= 15 is 0 Å². The van der Waals surface area contributed by atoms with Crippen LogP contribution >= 0.6 is 11.8 Å². The lowest BCUT2D eigenvalue weighted by molar-refractivity contribution is -0.137. The molecule has 0 saturated heterocycles. The monoisotopic (exact) mass is 239 g/mol. The molecule has 88 valence electrons. The first-order valence-corrected chi connectivity index (χ1v) is 6.29. The van der Waals surface area contributed by atoms with Crippen molar-refractivity contribution in [2.45, 2.75) is 25.6 Å². The lowest BCUT2D eigenvalue weighted by Gasteiger charge is -2.10. The van der Waals surface area contributed by atoms with E-state index in [1.165, 1.54) is 16.7 Å². The molecule has 3 nitrogen and oxygen atoms in total. The summed E-state index contributed by atoms with van der Waals surface area (Å²) in [7, 11) is 0. The van der Waals surface area contributed by atoms with Gasteiger partial charge in [-0.15, -0.1) is 0 Å². The van der Waals surface area contributed by atoms with Gasteiger partial charge in [-0.05, 0) is 30.5 Å². The fraction of sp³-hybridized carbons (Fsp3) is 0.417. The SMILES string of the molecule is Cc1cccc(C)c1CSC[C@H](N)C(=O)O. The number of aliphatic carboxylic acids is 1. The maximum absolute atomic E-state index is 10.5. The van der Waals surface area contributed by atoms with Crippen LogP contribution in [0.3, 0.4) is 0 Å². The summed E-state index contributed by atoms with van der Waals surface area (Å²) in [5.74, 6) is 0.330. The maximum atomic E-state index is 10.5. The number of benzene rings is 1. The van der Waals surface area contributed by atoms with Gasteiger partial charge in [0, 0.05) is 11.5 Å². The van der Waals surface area contributed by atoms with E-state index in [0.717, 1.165) is 5.75 Å². The predicted octanol–water partition coefficient (Wildman–Crippen LogP) is 1.95. The number of hydrogen-bond donors (Lipinski definition) is 2. The van der Waals surface area contributed by atoms with Crippen LogP contribution in [0.5, 0.6) is 0 Å². The fourth-order valence-electron chi connectivity index (χ4n) is 1.44. The summed E-state index contributed by atoms with van der Waals surface area (Å²) in [5.41, 5.74) is 9.21. The summed E-state index contributed by atoms with van der Waals surface area (Å²) < 4.78 is 0. The van der Waals surface area contributed by atoms with Gasteiger partial charge in [-0.3, -0.25) is 4.79 Å². The Morgan fingerprint density at radius 1 is 1.44 bits per heavy atom. The van der Waals surface area contributed by atoms with E-state index in [-0.39, 0.29) is 0 Å². The van der Waals surface area contributed by atoms with Crippen LogP contribution in [0.4, 0.5) is 0 Å². The molecular formula is C12H17NO2S. The highest BCUT2D eigenvalue weighted by molar-refractivity contribution is 7.98. The predicted molar refractivity (Wildman–Crippen MR) is 67.7 cm³/mol. The molecule has 0 unspecified atom stereocenters. The third-order valence-corrected chi connectivity index (χ3v) is 3.59. The van der Waals surface area contributed by atoms with Crippen LogP contribution in [0.25, 0.3) is 0 Å². The summed E-state index contributed by atoms with van der Waals surface area (Å²) in [6, 6.07) is 5.40. The van der Waals surface area contributed by atoms with Crippen molar-refractivity contribution in [1.29, 1.82) is 0 Å². The van der Waals surface area contributed by atoms with Gasteiger partial charge in [-0.25, -0.2) is 0 Å². The van der Waals surface area contributed by atoms with Crippen molar-refractivity contribution in [3.8, 4) is 0 Å². The minimum atomic E-state index is -0.936. The van der Waals surface area contributed by atoms with Crippen molar-refractivity contribution in [2.75, 3.05) is 5.75 Å². The highest BCUT2D eigenvalue weighted by atomic mass is 32.2. The van der Waals surface area contributed by atoms with E-state index in [0.29, 0.717) is 5.75 Å². The quantitative estimate of drug-likeness (QED) is 0.824. The number of nitrogens with two attached hydrogens (primary N) is 1. The topological polar surface area (TPSA) is 63.3 Å². The molecule has 16 heavy (non-hydrogen) atoms. The van der Waals surface area contributed by atoms with Crippen molar-refractivity contribution in [2.24, 2.45) is 5.73 Å². The summed E-state index contributed by atoms with van der Waals surface area (Å²) >= 11 is 1.57. The molecule has 1 atom stereocenters. The highest BCUT2D eigenvalue weighted by Crippen LogP contribution is 2.20. The van der Waals surface area contributed by atoms with Crippen LogP contribution in [0.1, 0.15) is 16.7 Å². The molecule has 1 aromatic carbocycles.